The average Bonchev–Trinajstić information content (AvgIpc) is 3.19. The highest BCUT2D eigenvalue weighted by Crippen LogP contribution is 2.30. The Bertz CT molecular complexity index is 1150. The van der Waals surface area contributed by atoms with E-state index in [1.807, 2.05) is 37.5 Å². The maximum atomic E-state index is 13.4. The van der Waals surface area contributed by atoms with Gasteiger partial charge in [0.2, 0.25) is 5.91 Å². The number of nitrogens with zero attached hydrogens (tertiary/aromatic N) is 3. The van der Waals surface area contributed by atoms with Gasteiger partial charge in [0.15, 0.2) is 11.2 Å². The van der Waals surface area contributed by atoms with Crippen LogP contribution in [0.15, 0.2) is 54.9 Å². The van der Waals surface area contributed by atoms with Gasteiger partial charge in [0.25, 0.3) is 0 Å². The van der Waals surface area contributed by atoms with Crippen molar-refractivity contribution >= 4 is 34.4 Å². The minimum absolute atomic E-state index is 0.0786. The van der Waals surface area contributed by atoms with E-state index in [9.17, 15) is 13.4 Å². The van der Waals surface area contributed by atoms with Crippen molar-refractivity contribution < 1.29 is 13.4 Å². The quantitative estimate of drug-likeness (QED) is 0.624. The zero-order chi connectivity index (χ0) is 22.1. The van der Waals surface area contributed by atoms with E-state index in [0.29, 0.717) is 12.1 Å². The van der Waals surface area contributed by atoms with Gasteiger partial charge in [-0.1, -0.05) is 29.8 Å². The van der Waals surface area contributed by atoms with Crippen molar-refractivity contribution in [3.05, 3.63) is 71.3 Å². The molecule has 1 fully saturated rings. The Kier molecular flexibility index (Phi) is 6.19. The molecular formula is C21H21ClFN5O2S. The van der Waals surface area contributed by atoms with Crippen molar-refractivity contribution in [1.82, 2.24) is 18.8 Å². The number of aromatic nitrogens is 2. The Morgan fingerprint density at radius 3 is 2.77 bits per heavy atom. The van der Waals surface area contributed by atoms with Crippen LogP contribution in [0.1, 0.15) is 18.0 Å². The van der Waals surface area contributed by atoms with Gasteiger partial charge in [-0.15, -0.1) is 0 Å². The minimum atomic E-state index is -1.56. The molecule has 2 heterocycles. The lowest BCUT2D eigenvalue weighted by atomic mass is 9.96. The predicted molar refractivity (Wildman–Crippen MR) is 119 cm³/mol. The van der Waals surface area contributed by atoms with Gasteiger partial charge in [0.05, 0.1) is 11.2 Å². The Labute approximate surface area is 186 Å². The lowest BCUT2D eigenvalue weighted by Gasteiger charge is -2.35. The molecule has 7 nitrogen and oxygen atoms in total. The van der Waals surface area contributed by atoms with Crippen molar-refractivity contribution in [1.29, 1.82) is 0 Å². The zero-order valence-corrected chi connectivity index (χ0v) is 18.5. The summed E-state index contributed by atoms with van der Waals surface area (Å²) in [6.07, 6.45) is 4.10. The molecule has 31 heavy (non-hydrogen) atoms. The van der Waals surface area contributed by atoms with Crippen LogP contribution in [-0.2, 0) is 23.0 Å². The van der Waals surface area contributed by atoms with E-state index in [4.69, 9.17) is 11.6 Å². The van der Waals surface area contributed by atoms with Crippen LogP contribution in [-0.4, -0.2) is 37.3 Å². The highest BCUT2D eigenvalue weighted by Gasteiger charge is 2.36. The third kappa shape index (κ3) is 4.69. The number of halogens is 2. The standard InChI is InChI=1S/C21H21ClFN5O2S/c1-27-12-15(11-24-27)13-4-3-5-14(8-13)19-10-20(28(2)31(30)26-19)21(29)25-16-6-7-18(23)17(22)9-16/h3-9,11-12,19-20,26H,10H2,1-2H3,(H,25,29). The molecule has 3 unspecified atom stereocenters. The number of anilines is 1. The highest BCUT2D eigenvalue weighted by molar-refractivity contribution is 7.80. The molecule has 1 aliphatic heterocycles. The van der Waals surface area contributed by atoms with Gasteiger partial charge in [-0.25, -0.2) is 17.6 Å². The van der Waals surface area contributed by atoms with Crippen LogP contribution in [0.3, 0.4) is 0 Å². The number of amides is 1. The van der Waals surface area contributed by atoms with Crippen molar-refractivity contribution in [3.8, 4) is 11.1 Å². The van der Waals surface area contributed by atoms with E-state index in [0.717, 1.165) is 16.7 Å². The zero-order valence-electron chi connectivity index (χ0n) is 16.9. The molecule has 0 radical (unpaired) electrons. The van der Waals surface area contributed by atoms with E-state index in [1.165, 1.54) is 22.5 Å². The number of benzene rings is 2. The van der Waals surface area contributed by atoms with Gasteiger partial charge in [-0.05, 0) is 41.8 Å². The largest absolute Gasteiger partial charge is 0.325 e. The van der Waals surface area contributed by atoms with E-state index in [2.05, 4.69) is 15.1 Å². The van der Waals surface area contributed by atoms with Crippen molar-refractivity contribution in [2.45, 2.75) is 18.5 Å². The van der Waals surface area contributed by atoms with Gasteiger partial charge in [-0.3, -0.25) is 9.48 Å². The van der Waals surface area contributed by atoms with Gasteiger partial charge in [-0.2, -0.15) is 5.10 Å². The average molecular weight is 462 g/mol. The van der Waals surface area contributed by atoms with Gasteiger partial charge in [0, 0.05) is 37.6 Å². The second-order valence-electron chi connectivity index (χ2n) is 7.36. The monoisotopic (exact) mass is 461 g/mol. The summed E-state index contributed by atoms with van der Waals surface area (Å²) in [4.78, 5) is 12.9. The minimum Gasteiger partial charge on any atom is -0.325 e. The third-order valence-corrected chi connectivity index (χ3v) is 6.77. The molecule has 0 spiro atoms. The first kappa shape index (κ1) is 21.6. The maximum absolute atomic E-state index is 13.4. The molecular weight excluding hydrogens is 441 g/mol. The molecule has 4 rings (SSSR count). The first-order valence-corrected chi connectivity index (χ1v) is 11.1. The van der Waals surface area contributed by atoms with Gasteiger partial charge < -0.3 is 5.32 Å². The molecule has 3 aromatic rings. The smallest absolute Gasteiger partial charge is 0.242 e. The van der Waals surface area contributed by atoms with Crippen LogP contribution in [0, 0.1) is 5.82 Å². The topological polar surface area (TPSA) is 79.3 Å². The first-order valence-electron chi connectivity index (χ1n) is 9.57. The number of likely N-dealkylation sites (N-methyl/N-ethyl adjacent to an activating group) is 1. The Morgan fingerprint density at radius 1 is 1.26 bits per heavy atom. The van der Waals surface area contributed by atoms with E-state index in [-0.39, 0.29) is 17.0 Å². The number of rotatable bonds is 4. The lowest BCUT2D eigenvalue weighted by molar-refractivity contribution is -0.120. The fourth-order valence-electron chi connectivity index (χ4n) is 3.52. The Morgan fingerprint density at radius 2 is 2.06 bits per heavy atom. The number of nitrogens with one attached hydrogen (secondary N) is 2. The molecule has 0 saturated carbocycles. The molecule has 2 N–H and O–H groups in total. The molecule has 2 aromatic carbocycles. The van der Waals surface area contributed by atoms with E-state index in [1.54, 1.807) is 17.9 Å². The number of carbonyl (C=O) groups excluding carboxylic acids is 1. The first-order chi connectivity index (χ1) is 14.8. The molecule has 1 aliphatic rings. The number of hydrogen-bond donors (Lipinski definition) is 2. The summed E-state index contributed by atoms with van der Waals surface area (Å²) in [6.45, 7) is 0. The van der Waals surface area contributed by atoms with Crippen LogP contribution < -0.4 is 10.0 Å². The van der Waals surface area contributed by atoms with Crippen LogP contribution in [0.5, 0.6) is 0 Å². The molecule has 3 atom stereocenters. The summed E-state index contributed by atoms with van der Waals surface area (Å²) < 4.78 is 32.3. The fourth-order valence-corrected chi connectivity index (χ4v) is 4.76. The lowest BCUT2D eigenvalue weighted by Crippen LogP contribution is -2.53. The van der Waals surface area contributed by atoms with Crippen LogP contribution in [0.25, 0.3) is 11.1 Å². The summed E-state index contributed by atoms with van der Waals surface area (Å²) in [6, 6.07) is 10.9. The van der Waals surface area contributed by atoms with Crippen LogP contribution >= 0.6 is 11.6 Å². The second-order valence-corrected chi connectivity index (χ2v) is 9.08. The van der Waals surface area contributed by atoms with Gasteiger partial charge >= 0.3 is 0 Å². The Balaban J connectivity index is 1.55. The molecule has 10 heteroatoms. The van der Waals surface area contributed by atoms with Crippen molar-refractivity contribution in [2.75, 3.05) is 12.4 Å². The highest BCUT2D eigenvalue weighted by atomic mass is 35.5. The third-order valence-electron chi connectivity index (χ3n) is 5.22. The molecule has 0 bridgehead atoms. The van der Waals surface area contributed by atoms with E-state index >= 15 is 0 Å². The van der Waals surface area contributed by atoms with Crippen molar-refractivity contribution in [2.24, 2.45) is 7.05 Å². The fraction of sp³-hybridized carbons (Fsp3) is 0.238. The van der Waals surface area contributed by atoms with Crippen LogP contribution in [0.4, 0.5) is 10.1 Å². The summed E-state index contributed by atoms with van der Waals surface area (Å²) in [5, 5.41) is 6.86. The number of carbonyl (C=O) groups is 1. The predicted octanol–water partition coefficient (Wildman–Crippen LogP) is 3.43. The summed E-state index contributed by atoms with van der Waals surface area (Å²) in [5.41, 5.74) is 3.26. The van der Waals surface area contributed by atoms with Crippen molar-refractivity contribution in [3.63, 3.8) is 0 Å². The van der Waals surface area contributed by atoms with E-state index < -0.39 is 23.0 Å². The van der Waals surface area contributed by atoms with Gasteiger partial charge in [0.1, 0.15) is 11.9 Å². The molecule has 1 aromatic heterocycles. The molecule has 1 saturated heterocycles. The number of hydrogen-bond acceptors (Lipinski definition) is 3. The second kappa shape index (κ2) is 8.88. The SMILES string of the molecule is CN1C(C(=O)Nc2ccc(F)c(Cl)c2)CC(c2cccc(-c3cnn(C)c3)c2)NS1=O. The molecule has 0 aliphatic carbocycles. The summed E-state index contributed by atoms with van der Waals surface area (Å²) in [5.74, 6) is -0.901. The maximum Gasteiger partial charge on any atom is 0.242 e. The normalized spacial score (nSPS) is 21.7. The summed E-state index contributed by atoms with van der Waals surface area (Å²) >= 11 is 4.24. The Hall–Kier alpha value is -2.59. The molecule has 1 amide bonds. The van der Waals surface area contributed by atoms with Crippen LogP contribution in [0.2, 0.25) is 5.02 Å². The molecule has 162 valence electrons. The summed E-state index contributed by atoms with van der Waals surface area (Å²) in [7, 11) is 3.47. The number of aryl methyl sites for hydroxylation is 1.